The first-order chi connectivity index (χ1) is 22.7. The van der Waals surface area contributed by atoms with E-state index in [1.165, 1.54) is 115 Å². The minimum Gasteiger partial charge on any atom is -0.462 e. The molecule has 0 saturated heterocycles. The Balaban J connectivity index is 0.000000952. The predicted octanol–water partition coefficient (Wildman–Crippen LogP) is 9.79. The van der Waals surface area contributed by atoms with Gasteiger partial charge in [-0.1, -0.05) is 121 Å². The number of ether oxygens (including phenoxy) is 1. The minimum atomic E-state index is -0.263. The van der Waals surface area contributed by atoms with Gasteiger partial charge in [0.2, 0.25) is 5.91 Å². The highest BCUT2D eigenvalue weighted by Gasteiger charge is 2.15. The van der Waals surface area contributed by atoms with Crippen LogP contribution in [0.15, 0.2) is 54.6 Å². The van der Waals surface area contributed by atoms with Gasteiger partial charge in [0.1, 0.15) is 6.54 Å². The average Bonchev–Trinajstić information content (AvgIpc) is 3.01. The maximum Gasteiger partial charge on any atom is 0.333 e. The third-order valence-corrected chi connectivity index (χ3v) is 8.62. The Morgan fingerprint density at radius 3 is 1.50 bits per heavy atom. The summed E-state index contributed by atoms with van der Waals surface area (Å²) in [6, 6.07) is 10.8. The maximum absolute atomic E-state index is 11.3. The number of quaternary nitrogens is 2. The fourth-order valence-electron chi connectivity index (χ4n) is 5.63. The van der Waals surface area contributed by atoms with Crippen molar-refractivity contribution < 1.29 is 23.3 Å². The van der Waals surface area contributed by atoms with Crippen LogP contribution >= 0.6 is 0 Å². The van der Waals surface area contributed by atoms with E-state index in [4.69, 9.17) is 4.74 Å². The molecule has 1 aromatic rings. The number of hydrogen-bond donors (Lipinski definition) is 1. The average molecular weight is 672 g/mol. The van der Waals surface area contributed by atoms with Crippen LogP contribution in [-0.4, -0.2) is 82.3 Å². The molecule has 48 heavy (non-hydrogen) atoms. The minimum absolute atomic E-state index is 0.0103. The van der Waals surface area contributed by atoms with Crippen LogP contribution in [0, 0.1) is 0 Å². The Kier molecular flexibility index (Phi) is 27.0. The molecule has 0 spiro atoms. The van der Waals surface area contributed by atoms with E-state index in [0.29, 0.717) is 17.8 Å². The van der Waals surface area contributed by atoms with Crippen molar-refractivity contribution in [2.75, 3.05) is 61.5 Å². The third-order valence-electron chi connectivity index (χ3n) is 8.62. The first-order valence-electron chi connectivity index (χ1n) is 19.2. The fraction of sp³-hybridized carbons (Fsp3) is 0.714. The Morgan fingerprint density at radius 1 is 0.604 bits per heavy atom. The quantitative estimate of drug-likeness (QED) is 0.0418. The van der Waals surface area contributed by atoms with E-state index in [2.05, 4.69) is 84.0 Å². The number of hydrogen-bond acceptors (Lipinski definition) is 3. The van der Waals surface area contributed by atoms with Crippen molar-refractivity contribution in [3.63, 3.8) is 0 Å². The van der Waals surface area contributed by atoms with Crippen molar-refractivity contribution in [3.05, 3.63) is 60.2 Å². The zero-order valence-corrected chi connectivity index (χ0v) is 32.7. The highest BCUT2D eigenvalue weighted by atomic mass is 16.5. The summed E-state index contributed by atoms with van der Waals surface area (Å²) in [6.45, 7) is 15.6. The number of carbonyl (C=O) groups excluding carboxylic acids is 2. The summed E-state index contributed by atoms with van der Waals surface area (Å²) in [5, 5.41) is 2.88. The first kappa shape index (κ1) is 45.6. The van der Waals surface area contributed by atoms with E-state index in [1.54, 1.807) is 13.8 Å². The van der Waals surface area contributed by atoms with Crippen molar-refractivity contribution in [1.29, 1.82) is 0 Å². The molecule has 0 aliphatic rings. The number of esters is 1. The van der Waals surface area contributed by atoms with Crippen LogP contribution in [0.4, 0.5) is 0 Å². The van der Waals surface area contributed by atoms with Crippen LogP contribution in [0.3, 0.4) is 0 Å². The SMILES string of the molecule is C=C(C)C(=O)NCCCCCCCCCCC[N+](C)(C)C.C=C(C)C(=O)OCCCCCCCCCCC[N+](C)(C)Cc1ccccc1. The standard InChI is InChI=1S/C24H40NO2.C18H36N2O/c1-22(2)24(26)27-20-16-11-9-7-5-6-8-10-15-19-25(3,4)21-23-17-13-12-14-18-23;1-17(2)18(21)19-15-13-11-9-7-6-8-10-12-14-16-20(3,4)5/h12-14,17-18H,1,5-11,15-16,19-21H2,2-4H3;1,6-16H2,2-5H3/q+1;/p+1. The van der Waals surface area contributed by atoms with E-state index in [0.717, 1.165) is 41.3 Å². The molecule has 0 heterocycles. The van der Waals surface area contributed by atoms with Gasteiger partial charge >= 0.3 is 5.97 Å². The molecule has 0 atom stereocenters. The molecule has 0 aromatic heterocycles. The summed E-state index contributed by atoms with van der Waals surface area (Å²) in [4.78, 5) is 22.5. The first-order valence-corrected chi connectivity index (χ1v) is 19.2. The molecule has 0 bridgehead atoms. The van der Waals surface area contributed by atoms with Crippen LogP contribution in [0.5, 0.6) is 0 Å². The highest BCUT2D eigenvalue weighted by molar-refractivity contribution is 5.92. The summed E-state index contributed by atoms with van der Waals surface area (Å²) >= 11 is 0. The van der Waals surface area contributed by atoms with Crippen LogP contribution in [0.1, 0.15) is 135 Å². The lowest BCUT2D eigenvalue weighted by atomic mass is 10.1. The van der Waals surface area contributed by atoms with Crippen LogP contribution < -0.4 is 5.32 Å². The van der Waals surface area contributed by atoms with Crippen molar-refractivity contribution in [2.45, 2.75) is 136 Å². The zero-order chi connectivity index (χ0) is 36.1. The number of rotatable bonds is 28. The molecule has 1 amide bonds. The molecule has 0 aliphatic carbocycles. The second kappa shape index (κ2) is 28.4. The molecular weight excluding hydrogens is 594 g/mol. The second-order valence-corrected chi connectivity index (χ2v) is 15.6. The van der Waals surface area contributed by atoms with Gasteiger partial charge in [-0.05, 0) is 52.4 Å². The Hall–Kier alpha value is -2.44. The lowest BCUT2D eigenvalue weighted by Crippen LogP contribution is -2.39. The van der Waals surface area contributed by atoms with Crippen LogP contribution in [0.2, 0.25) is 0 Å². The van der Waals surface area contributed by atoms with Gasteiger partial charge in [0.25, 0.3) is 0 Å². The van der Waals surface area contributed by atoms with Gasteiger partial charge in [-0.15, -0.1) is 0 Å². The molecule has 1 rings (SSSR count). The van der Waals surface area contributed by atoms with Gasteiger partial charge in [-0.2, -0.15) is 0 Å². The van der Waals surface area contributed by atoms with Gasteiger partial charge in [0.05, 0.1) is 54.9 Å². The number of nitrogens with one attached hydrogen (secondary N) is 1. The van der Waals surface area contributed by atoms with Gasteiger partial charge in [-0.3, -0.25) is 4.79 Å². The molecule has 6 heteroatoms. The molecular formula is C42H77N3O3+2. The van der Waals surface area contributed by atoms with Gasteiger partial charge in [0, 0.05) is 23.3 Å². The summed E-state index contributed by atoms with van der Waals surface area (Å²) in [7, 11) is 11.5. The van der Waals surface area contributed by atoms with E-state index in [9.17, 15) is 9.59 Å². The van der Waals surface area contributed by atoms with E-state index < -0.39 is 0 Å². The fourth-order valence-corrected chi connectivity index (χ4v) is 5.63. The lowest BCUT2D eigenvalue weighted by Gasteiger charge is -2.30. The van der Waals surface area contributed by atoms with E-state index in [-0.39, 0.29) is 11.9 Å². The summed E-state index contributed by atoms with van der Waals surface area (Å²) in [5.74, 6) is -0.274. The van der Waals surface area contributed by atoms with E-state index in [1.807, 2.05) is 0 Å². The normalized spacial score (nSPS) is 11.4. The monoisotopic (exact) mass is 672 g/mol. The summed E-state index contributed by atoms with van der Waals surface area (Å²) < 4.78 is 7.25. The molecule has 0 saturated carbocycles. The topological polar surface area (TPSA) is 55.4 Å². The number of amides is 1. The molecule has 276 valence electrons. The number of carbonyl (C=O) groups is 2. The zero-order valence-electron chi connectivity index (χ0n) is 32.7. The van der Waals surface area contributed by atoms with E-state index >= 15 is 0 Å². The molecule has 0 aliphatic heterocycles. The van der Waals surface area contributed by atoms with Crippen LogP contribution in [0.25, 0.3) is 0 Å². The number of benzene rings is 1. The van der Waals surface area contributed by atoms with Crippen LogP contribution in [-0.2, 0) is 20.9 Å². The van der Waals surface area contributed by atoms with Crippen molar-refractivity contribution in [1.82, 2.24) is 5.32 Å². The van der Waals surface area contributed by atoms with Crippen molar-refractivity contribution in [2.24, 2.45) is 0 Å². The molecule has 1 aromatic carbocycles. The van der Waals surface area contributed by atoms with Gasteiger partial charge in [-0.25, -0.2) is 4.79 Å². The largest absolute Gasteiger partial charge is 0.462 e. The highest BCUT2D eigenvalue weighted by Crippen LogP contribution is 2.14. The molecule has 0 fully saturated rings. The Labute approximate surface area is 297 Å². The Morgan fingerprint density at radius 2 is 1.04 bits per heavy atom. The molecule has 6 nitrogen and oxygen atoms in total. The number of unbranched alkanes of at least 4 members (excludes halogenated alkanes) is 16. The van der Waals surface area contributed by atoms with Crippen molar-refractivity contribution in [3.8, 4) is 0 Å². The predicted molar refractivity (Wildman–Crippen MR) is 207 cm³/mol. The smallest absolute Gasteiger partial charge is 0.333 e. The van der Waals surface area contributed by atoms with Crippen molar-refractivity contribution >= 4 is 11.9 Å². The van der Waals surface area contributed by atoms with Gasteiger partial charge < -0.3 is 19.0 Å². The lowest BCUT2D eigenvalue weighted by molar-refractivity contribution is -0.903. The maximum atomic E-state index is 11.3. The van der Waals surface area contributed by atoms with Gasteiger partial charge in [0.15, 0.2) is 0 Å². The summed E-state index contributed by atoms with van der Waals surface area (Å²) in [5.41, 5.74) is 2.51. The Bertz CT molecular complexity index is 982. The third kappa shape index (κ3) is 30.9. The molecule has 0 unspecified atom stereocenters. The second-order valence-electron chi connectivity index (χ2n) is 15.6. The summed E-state index contributed by atoms with van der Waals surface area (Å²) in [6.07, 6.45) is 23.1. The molecule has 1 N–H and O–H groups in total. The number of nitrogens with zero attached hydrogens (tertiary/aromatic N) is 2. The molecule has 0 radical (unpaired) electrons.